The first kappa shape index (κ1) is 21.9. The number of alkyl halides is 3. The maximum atomic E-state index is 14.4. The third-order valence-electron chi connectivity index (χ3n) is 5.37. The lowest BCUT2D eigenvalue weighted by molar-refractivity contribution is -0.143. The van der Waals surface area contributed by atoms with Gasteiger partial charge in [-0.25, -0.2) is 4.98 Å². The molecule has 5 nitrogen and oxygen atoms in total. The predicted molar refractivity (Wildman–Crippen MR) is 121 cm³/mol. The van der Waals surface area contributed by atoms with Crippen LogP contribution in [0.15, 0.2) is 83.7 Å². The summed E-state index contributed by atoms with van der Waals surface area (Å²) in [7, 11) is 0. The van der Waals surface area contributed by atoms with Gasteiger partial charge in [0.15, 0.2) is 5.76 Å². The zero-order valence-corrected chi connectivity index (χ0v) is 18.1. The molecule has 170 valence electrons. The molecule has 0 spiro atoms. The van der Waals surface area contributed by atoms with Crippen molar-refractivity contribution in [2.24, 2.45) is 0 Å². The Kier molecular flexibility index (Phi) is 5.45. The summed E-state index contributed by atoms with van der Waals surface area (Å²) < 4.78 is 49.9. The van der Waals surface area contributed by atoms with E-state index in [1.54, 1.807) is 60.8 Å². The van der Waals surface area contributed by atoms with Crippen molar-refractivity contribution < 1.29 is 22.4 Å². The molecule has 0 fully saturated rings. The highest BCUT2D eigenvalue weighted by Gasteiger charge is 2.42. The van der Waals surface area contributed by atoms with Gasteiger partial charge in [0, 0.05) is 40.4 Å². The quantitative estimate of drug-likeness (QED) is 0.264. The number of hydrogen-bond acceptors (Lipinski definition) is 4. The van der Waals surface area contributed by atoms with Crippen molar-refractivity contribution in [3.8, 4) is 11.3 Å². The van der Waals surface area contributed by atoms with Gasteiger partial charge in [-0.15, -0.1) is 0 Å². The van der Waals surface area contributed by atoms with Crippen molar-refractivity contribution in [1.82, 2.24) is 14.5 Å². The Morgan fingerprint density at radius 2 is 1.76 bits per heavy atom. The number of benzene rings is 2. The zero-order valence-electron chi connectivity index (χ0n) is 17.4. The number of hydrogen-bond donors (Lipinski definition) is 0. The Morgan fingerprint density at radius 3 is 2.47 bits per heavy atom. The molecule has 0 atom stereocenters. The van der Waals surface area contributed by atoms with Gasteiger partial charge in [-0.2, -0.15) is 13.2 Å². The van der Waals surface area contributed by atoms with E-state index < -0.39 is 29.1 Å². The number of oxazole rings is 1. The molecule has 0 saturated carbocycles. The molecule has 0 N–H and O–H groups in total. The van der Waals surface area contributed by atoms with Crippen LogP contribution in [0, 0.1) is 0 Å². The van der Waals surface area contributed by atoms with Gasteiger partial charge in [-0.3, -0.25) is 9.78 Å². The largest absolute Gasteiger partial charge is 0.433 e. The van der Waals surface area contributed by atoms with Crippen LogP contribution in [0.1, 0.15) is 27.5 Å². The number of ketones is 1. The van der Waals surface area contributed by atoms with Crippen LogP contribution in [-0.4, -0.2) is 20.3 Å². The summed E-state index contributed by atoms with van der Waals surface area (Å²) in [5.41, 5.74) is -0.140. The molecule has 5 aromatic rings. The molecule has 9 heteroatoms. The van der Waals surface area contributed by atoms with E-state index in [2.05, 4.69) is 9.97 Å². The number of nitrogens with zero attached hydrogens (tertiary/aromatic N) is 3. The Balaban J connectivity index is 1.67. The number of pyridine rings is 1. The summed E-state index contributed by atoms with van der Waals surface area (Å²) >= 11 is 5.92. The fraction of sp³-hybridized carbons (Fsp3) is 0.0800. The van der Waals surface area contributed by atoms with Crippen molar-refractivity contribution in [2.45, 2.75) is 12.7 Å². The third-order valence-corrected chi connectivity index (χ3v) is 5.62. The summed E-state index contributed by atoms with van der Waals surface area (Å²) in [5.74, 6) is -1.15. The average molecular weight is 482 g/mol. The van der Waals surface area contributed by atoms with Crippen LogP contribution in [0.4, 0.5) is 13.2 Å². The van der Waals surface area contributed by atoms with Crippen LogP contribution < -0.4 is 0 Å². The molecule has 0 amide bonds. The minimum atomic E-state index is -4.81. The smallest absolute Gasteiger partial charge is 0.432 e. The number of rotatable bonds is 5. The molecule has 0 aliphatic heterocycles. The fourth-order valence-corrected chi connectivity index (χ4v) is 4.02. The van der Waals surface area contributed by atoms with Crippen molar-refractivity contribution in [3.05, 3.63) is 107 Å². The van der Waals surface area contributed by atoms with Crippen LogP contribution in [0.2, 0.25) is 5.02 Å². The molecule has 3 aromatic heterocycles. The van der Waals surface area contributed by atoms with E-state index in [-0.39, 0.29) is 23.2 Å². The highest BCUT2D eigenvalue weighted by molar-refractivity contribution is 6.30. The van der Waals surface area contributed by atoms with Gasteiger partial charge in [-0.1, -0.05) is 41.9 Å². The second-order valence-electron chi connectivity index (χ2n) is 7.55. The molecule has 0 aliphatic rings. The van der Waals surface area contributed by atoms with E-state index in [9.17, 15) is 18.0 Å². The second-order valence-corrected chi connectivity index (χ2v) is 7.99. The Labute approximate surface area is 196 Å². The minimum absolute atomic E-state index is 0.105. The van der Waals surface area contributed by atoms with E-state index in [1.807, 2.05) is 0 Å². The van der Waals surface area contributed by atoms with E-state index >= 15 is 0 Å². The number of carbonyl (C=O) groups excluding carboxylic acids is 1. The molecule has 2 aromatic carbocycles. The van der Waals surface area contributed by atoms with Gasteiger partial charge >= 0.3 is 6.18 Å². The number of para-hydroxylation sites is 1. The van der Waals surface area contributed by atoms with Crippen LogP contribution in [0.5, 0.6) is 0 Å². The number of aromatic nitrogens is 3. The Bertz CT molecular complexity index is 1490. The van der Waals surface area contributed by atoms with Gasteiger partial charge in [0.05, 0.1) is 11.8 Å². The monoisotopic (exact) mass is 481 g/mol. The molecule has 5 rings (SSSR count). The first-order chi connectivity index (χ1) is 16.3. The van der Waals surface area contributed by atoms with Gasteiger partial charge < -0.3 is 8.98 Å². The van der Waals surface area contributed by atoms with Gasteiger partial charge in [0.25, 0.3) is 11.7 Å². The number of carbonyl (C=O) groups is 1. The second kappa shape index (κ2) is 8.46. The van der Waals surface area contributed by atoms with Crippen LogP contribution in [0.3, 0.4) is 0 Å². The number of fused-ring (bicyclic) bond motifs is 1. The molecule has 3 heterocycles. The highest BCUT2D eigenvalue weighted by atomic mass is 35.5. The predicted octanol–water partition coefficient (Wildman–Crippen LogP) is 6.64. The third kappa shape index (κ3) is 3.97. The van der Waals surface area contributed by atoms with E-state index in [0.29, 0.717) is 16.1 Å². The van der Waals surface area contributed by atoms with Crippen molar-refractivity contribution in [3.63, 3.8) is 0 Å². The molecule has 0 bridgehead atoms. The van der Waals surface area contributed by atoms with Crippen LogP contribution >= 0.6 is 11.6 Å². The lowest BCUT2D eigenvalue weighted by Crippen LogP contribution is -2.18. The SMILES string of the molecule is O=C(c1ncc(-c2cccnc2)o1)c1c(C(F)(F)F)n(Cc2ccc(Cl)cc2)c2ccccc12. The molecule has 0 unspecified atom stereocenters. The van der Waals surface area contributed by atoms with E-state index in [1.165, 1.54) is 18.5 Å². The van der Waals surface area contributed by atoms with Gasteiger partial charge in [0.2, 0.25) is 0 Å². The highest BCUT2D eigenvalue weighted by Crippen LogP contribution is 2.40. The van der Waals surface area contributed by atoms with Crippen molar-refractivity contribution in [2.75, 3.05) is 0 Å². The Hall–Kier alpha value is -3.91. The van der Waals surface area contributed by atoms with Crippen molar-refractivity contribution in [1.29, 1.82) is 0 Å². The lowest BCUT2D eigenvalue weighted by atomic mass is 10.1. The topological polar surface area (TPSA) is 60.9 Å². The summed E-state index contributed by atoms with van der Waals surface area (Å²) in [6, 6.07) is 16.1. The van der Waals surface area contributed by atoms with Crippen molar-refractivity contribution >= 4 is 28.3 Å². The molecule has 0 saturated heterocycles. The molecular weight excluding hydrogens is 467 g/mol. The van der Waals surface area contributed by atoms with Crippen LogP contribution in [-0.2, 0) is 12.7 Å². The van der Waals surface area contributed by atoms with Gasteiger partial charge in [0.1, 0.15) is 5.69 Å². The first-order valence-corrected chi connectivity index (χ1v) is 10.5. The fourth-order valence-electron chi connectivity index (χ4n) is 3.89. The normalized spacial score (nSPS) is 11.8. The summed E-state index contributed by atoms with van der Waals surface area (Å²) in [4.78, 5) is 21.3. The summed E-state index contributed by atoms with van der Waals surface area (Å²) in [6.07, 6.45) is -0.440. The number of halogens is 4. The standard InChI is InChI=1S/C25H15ClF3N3O2/c26-17-9-7-15(8-10-17)14-32-19-6-2-1-5-18(19)21(23(32)25(27,28)29)22(33)24-31-13-20(34-24)16-4-3-11-30-12-16/h1-13H,14H2. The first-order valence-electron chi connectivity index (χ1n) is 10.2. The summed E-state index contributed by atoms with van der Waals surface area (Å²) in [5, 5.41) is 0.635. The van der Waals surface area contributed by atoms with Gasteiger partial charge in [-0.05, 0) is 35.9 Å². The molecule has 34 heavy (non-hydrogen) atoms. The molecule has 0 aliphatic carbocycles. The van der Waals surface area contributed by atoms with E-state index in [0.717, 1.165) is 4.57 Å². The minimum Gasteiger partial charge on any atom is -0.433 e. The van der Waals surface area contributed by atoms with Crippen LogP contribution in [0.25, 0.3) is 22.2 Å². The zero-order chi connectivity index (χ0) is 23.9. The summed E-state index contributed by atoms with van der Waals surface area (Å²) in [6.45, 7) is -0.105. The average Bonchev–Trinajstić information content (AvgIpc) is 3.44. The Morgan fingerprint density at radius 1 is 1.00 bits per heavy atom. The molecule has 0 radical (unpaired) electrons. The lowest BCUT2D eigenvalue weighted by Gasteiger charge is -2.14. The maximum absolute atomic E-state index is 14.4. The maximum Gasteiger partial charge on any atom is 0.432 e. The molecular formula is C25H15ClF3N3O2. The van der Waals surface area contributed by atoms with E-state index in [4.69, 9.17) is 16.0 Å².